The van der Waals surface area contributed by atoms with E-state index in [1.807, 2.05) is 24.6 Å². The summed E-state index contributed by atoms with van der Waals surface area (Å²) in [6.07, 6.45) is 0. The molecule has 4 heteroatoms. The lowest BCUT2D eigenvalue weighted by atomic mass is 10.1. The van der Waals surface area contributed by atoms with Gasteiger partial charge in [-0.15, -0.1) is 0 Å². The zero-order valence-corrected chi connectivity index (χ0v) is 9.86. The summed E-state index contributed by atoms with van der Waals surface area (Å²) in [5.74, 6) is 1.66. The highest BCUT2D eigenvalue weighted by molar-refractivity contribution is 5.43. The van der Waals surface area contributed by atoms with Crippen LogP contribution in [0.1, 0.15) is 22.8 Å². The van der Waals surface area contributed by atoms with E-state index in [1.54, 1.807) is 0 Å². The van der Waals surface area contributed by atoms with Crippen molar-refractivity contribution in [2.24, 2.45) is 5.73 Å². The van der Waals surface area contributed by atoms with Crippen molar-refractivity contribution in [3.8, 4) is 5.69 Å². The van der Waals surface area contributed by atoms with Crippen molar-refractivity contribution in [2.75, 3.05) is 0 Å². The second-order valence-corrected chi connectivity index (χ2v) is 3.95. The Morgan fingerprint density at radius 3 is 2.56 bits per heavy atom. The van der Waals surface area contributed by atoms with Crippen molar-refractivity contribution in [2.45, 2.75) is 27.3 Å². The van der Waals surface area contributed by atoms with Crippen LogP contribution in [0.3, 0.4) is 0 Å². The average Bonchev–Trinajstić information content (AvgIpc) is 2.57. The molecule has 16 heavy (non-hydrogen) atoms. The van der Waals surface area contributed by atoms with E-state index in [0.29, 0.717) is 6.54 Å². The summed E-state index contributed by atoms with van der Waals surface area (Å²) in [7, 11) is 0. The van der Waals surface area contributed by atoms with Gasteiger partial charge < -0.3 is 5.73 Å². The number of nitrogens with zero attached hydrogens (tertiary/aromatic N) is 3. The van der Waals surface area contributed by atoms with Crippen LogP contribution in [0.5, 0.6) is 0 Å². The molecule has 2 N–H and O–H groups in total. The topological polar surface area (TPSA) is 56.7 Å². The lowest BCUT2D eigenvalue weighted by Crippen LogP contribution is -2.07. The Morgan fingerprint density at radius 2 is 2.00 bits per heavy atom. The Bertz CT molecular complexity index is 514. The van der Waals surface area contributed by atoms with Crippen molar-refractivity contribution in [3.05, 3.63) is 41.0 Å². The number of aryl methyl sites for hydroxylation is 3. The van der Waals surface area contributed by atoms with Crippen LogP contribution in [0.15, 0.2) is 18.2 Å². The van der Waals surface area contributed by atoms with E-state index in [9.17, 15) is 0 Å². The highest BCUT2D eigenvalue weighted by Gasteiger charge is 2.08. The molecule has 1 aromatic carbocycles. The molecular formula is C12H16N4. The molecule has 0 amide bonds. The molecule has 0 bridgehead atoms. The zero-order valence-electron chi connectivity index (χ0n) is 9.86. The predicted molar refractivity (Wildman–Crippen MR) is 63.5 cm³/mol. The molecule has 0 atom stereocenters. The first-order valence-electron chi connectivity index (χ1n) is 5.32. The van der Waals surface area contributed by atoms with Crippen molar-refractivity contribution >= 4 is 0 Å². The molecule has 0 fully saturated rings. The first-order chi connectivity index (χ1) is 7.61. The number of benzene rings is 1. The zero-order chi connectivity index (χ0) is 11.7. The lowest BCUT2D eigenvalue weighted by molar-refractivity contribution is 0.814. The molecule has 2 rings (SSSR count). The van der Waals surface area contributed by atoms with E-state index in [4.69, 9.17) is 5.73 Å². The maximum Gasteiger partial charge on any atom is 0.148 e. The Labute approximate surface area is 95.1 Å². The molecule has 0 saturated carbocycles. The van der Waals surface area contributed by atoms with Crippen LogP contribution in [-0.2, 0) is 6.54 Å². The van der Waals surface area contributed by atoms with E-state index in [2.05, 4.69) is 29.1 Å². The first-order valence-corrected chi connectivity index (χ1v) is 5.32. The monoisotopic (exact) mass is 216 g/mol. The molecule has 2 aromatic rings. The lowest BCUT2D eigenvalue weighted by Gasteiger charge is -2.09. The molecule has 0 radical (unpaired) electrons. The minimum atomic E-state index is 0.509. The second kappa shape index (κ2) is 4.06. The van der Waals surface area contributed by atoms with Gasteiger partial charge in [-0.3, -0.25) is 0 Å². The number of nitrogens with two attached hydrogens (primary N) is 1. The number of hydrogen-bond acceptors (Lipinski definition) is 3. The van der Waals surface area contributed by atoms with E-state index in [-0.39, 0.29) is 0 Å². The van der Waals surface area contributed by atoms with Gasteiger partial charge in [0.05, 0.1) is 5.69 Å². The minimum Gasteiger partial charge on any atom is -0.326 e. The summed E-state index contributed by atoms with van der Waals surface area (Å²) < 4.78 is 1.84. The van der Waals surface area contributed by atoms with E-state index in [1.165, 1.54) is 5.56 Å². The fraction of sp³-hybridized carbons (Fsp3) is 0.333. The average molecular weight is 216 g/mol. The molecule has 0 unspecified atom stereocenters. The van der Waals surface area contributed by atoms with Crippen LogP contribution in [-0.4, -0.2) is 14.8 Å². The predicted octanol–water partition coefficient (Wildman–Crippen LogP) is 1.65. The van der Waals surface area contributed by atoms with Crippen molar-refractivity contribution < 1.29 is 0 Å². The fourth-order valence-electron chi connectivity index (χ4n) is 1.83. The molecule has 4 nitrogen and oxygen atoms in total. The van der Waals surface area contributed by atoms with Crippen molar-refractivity contribution in [3.63, 3.8) is 0 Å². The van der Waals surface area contributed by atoms with Gasteiger partial charge in [-0.2, -0.15) is 5.10 Å². The summed E-state index contributed by atoms with van der Waals surface area (Å²) in [4.78, 5) is 4.30. The summed E-state index contributed by atoms with van der Waals surface area (Å²) in [6, 6.07) is 6.19. The molecule has 0 spiro atoms. The van der Waals surface area contributed by atoms with Gasteiger partial charge in [0.25, 0.3) is 0 Å². The summed E-state index contributed by atoms with van der Waals surface area (Å²) in [5.41, 5.74) is 9.07. The van der Waals surface area contributed by atoms with Gasteiger partial charge in [0.2, 0.25) is 0 Å². The number of aromatic nitrogens is 3. The van der Waals surface area contributed by atoms with Gasteiger partial charge in [0.15, 0.2) is 0 Å². The quantitative estimate of drug-likeness (QED) is 0.830. The molecule has 0 aliphatic rings. The van der Waals surface area contributed by atoms with Gasteiger partial charge in [0, 0.05) is 6.54 Å². The van der Waals surface area contributed by atoms with Gasteiger partial charge in [-0.25, -0.2) is 9.67 Å². The minimum absolute atomic E-state index is 0.509. The van der Waals surface area contributed by atoms with Crippen LogP contribution in [0.25, 0.3) is 5.69 Å². The normalized spacial score (nSPS) is 10.8. The van der Waals surface area contributed by atoms with Crippen LogP contribution < -0.4 is 5.73 Å². The third kappa shape index (κ3) is 1.84. The molecular weight excluding hydrogens is 200 g/mol. The molecule has 0 saturated heterocycles. The van der Waals surface area contributed by atoms with Crippen LogP contribution >= 0.6 is 0 Å². The van der Waals surface area contributed by atoms with Crippen molar-refractivity contribution in [1.82, 2.24) is 14.8 Å². The smallest absolute Gasteiger partial charge is 0.148 e. The maximum atomic E-state index is 5.75. The molecule has 1 heterocycles. The Kier molecular flexibility index (Phi) is 2.75. The molecule has 1 aromatic heterocycles. The summed E-state index contributed by atoms with van der Waals surface area (Å²) in [6.45, 7) is 6.40. The van der Waals surface area contributed by atoms with Crippen LogP contribution in [0.4, 0.5) is 0 Å². The molecule has 84 valence electrons. The molecule has 0 aliphatic carbocycles. The Balaban J connectivity index is 2.59. The van der Waals surface area contributed by atoms with E-state index >= 15 is 0 Å². The highest BCUT2D eigenvalue weighted by Crippen LogP contribution is 2.16. The SMILES string of the molecule is Cc1ccc(-n2nc(C)nc2C)c(CN)c1. The standard InChI is InChI=1S/C12H16N4/c1-8-4-5-12(11(6-8)7-13)16-10(3)14-9(2)15-16/h4-6H,7,13H2,1-3H3. The highest BCUT2D eigenvalue weighted by atomic mass is 15.3. The van der Waals surface area contributed by atoms with E-state index in [0.717, 1.165) is 22.9 Å². The maximum absolute atomic E-state index is 5.75. The van der Waals surface area contributed by atoms with Gasteiger partial charge in [-0.05, 0) is 32.4 Å². The van der Waals surface area contributed by atoms with E-state index < -0.39 is 0 Å². The largest absolute Gasteiger partial charge is 0.326 e. The van der Waals surface area contributed by atoms with Gasteiger partial charge in [0.1, 0.15) is 11.6 Å². The number of hydrogen-bond donors (Lipinski definition) is 1. The third-order valence-electron chi connectivity index (χ3n) is 2.56. The van der Waals surface area contributed by atoms with Crippen LogP contribution in [0.2, 0.25) is 0 Å². The second-order valence-electron chi connectivity index (χ2n) is 3.95. The summed E-state index contributed by atoms with van der Waals surface area (Å²) in [5, 5.41) is 4.37. The van der Waals surface area contributed by atoms with Crippen LogP contribution in [0, 0.1) is 20.8 Å². The first kappa shape index (κ1) is 10.8. The van der Waals surface area contributed by atoms with Crippen molar-refractivity contribution in [1.29, 1.82) is 0 Å². The van der Waals surface area contributed by atoms with Gasteiger partial charge in [-0.1, -0.05) is 17.7 Å². The molecule has 0 aliphatic heterocycles. The fourth-order valence-corrected chi connectivity index (χ4v) is 1.83. The number of rotatable bonds is 2. The Hall–Kier alpha value is -1.68. The third-order valence-corrected chi connectivity index (χ3v) is 2.56. The Morgan fingerprint density at radius 1 is 1.25 bits per heavy atom. The summed E-state index contributed by atoms with van der Waals surface area (Å²) >= 11 is 0. The van der Waals surface area contributed by atoms with Gasteiger partial charge >= 0.3 is 0 Å².